The van der Waals surface area contributed by atoms with E-state index in [4.69, 9.17) is 37.1 Å². The molecule has 1 aromatic rings. The van der Waals surface area contributed by atoms with Crippen LogP contribution in [-0.4, -0.2) is 39.6 Å². The average Bonchev–Trinajstić information content (AvgIpc) is 2.58. The van der Waals surface area contributed by atoms with Crippen LogP contribution in [0.2, 0.25) is 0 Å². The van der Waals surface area contributed by atoms with Crippen molar-refractivity contribution in [2.75, 3.05) is 39.6 Å². The Balaban J connectivity index is 2.70. The Labute approximate surface area is 144 Å². The highest BCUT2D eigenvalue weighted by molar-refractivity contribution is 5.55. The van der Waals surface area contributed by atoms with Gasteiger partial charge in [0.1, 0.15) is 12.4 Å². The molecule has 1 aromatic carbocycles. The van der Waals surface area contributed by atoms with Crippen molar-refractivity contribution in [3.8, 4) is 5.75 Å². The molecule has 7 nitrogen and oxygen atoms in total. The summed E-state index contributed by atoms with van der Waals surface area (Å²) in [6, 6.07) is 0. The van der Waals surface area contributed by atoms with Crippen LogP contribution in [0.5, 0.6) is 5.75 Å². The summed E-state index contributed by atoms with van der Waals surface area (Å²) in [5, 5.41) is 0. The molecule has 0 spiro atoms. The van der Waals surface area contributed by atoms with Gasteiger partial charge in [-0.1, -0.05) is 0 Å². The third-order valence-electron chi connectivity index (χ3n) is 4.08. The van der Waals surface area contributed by atoms with Crippen molar-refractivity contribution in [2.24, 2.45) is 22.9 Å². The zero-order chi connectivity index (χ0) is 17.9. The zero-order valence-corrected chi connectivity index (χ0v) is 14.9. The molecule has 7 heteroatoms. The summed E-state index contributed by atoms with van der Waals surface area (Å²) < 4.78 is 16.7. The highest BCUT2D eigenvalue weighted by Gasteiger charge is 2.18. The van der Waals surface area contributed by atoms with Gasteiger partial charge in [-0.15, -0.1) is 0 Å². The third-order valence-corrected chi connectivity index (χ3v) is 4.08. The minimum atomic E-state index is 0.384. The molecular formula is C17H32N4O3. The van der Waals surface area contributed by atoms with Crippen LogP contribution in [0.3, 0.4) is 0 Å². The van der Waals surface area contributed by atoms with Gasteiger partial charge in [0.05, 0.1) is 26.4 Å². The van der Waals surface area contributed by atoms with Gasteiger partial charge in [-0.05, 0) is 30.5 Å². The van der Waals surface area contributed by atoms with Crippen molar-refractivity contribution in [2.45, 2.75) is 33.5 Å². The maximum absolute atomic E-state index is 5.95. The fourth-order valence-electron chi connectivity index (χ4n) is 2.75. The number of benzene rings is 1. The highest BCUT2D eigenvalue weighted by Crippen LogP contribution is 2.33. The summed E-state index contributed by atoms with van der Waals surface area (Å²) in [6.07, 6.45) is 0. The van der Waals surface area contributed by atoms with Crippen molar-refractivity contribution >= 4 is 0 Å². The van der Waals surface area contributed by atoms with E-state index in [9.17, 15) is 0 Å². The Morgan fingerprint density at radius 2 is 1.08 bits per heavy atom. The standard InChI is InChI=1S/C17H32N4O3/c1-12-14(9-19)13(2)16(11-21)17(15(12)10-20)24-8-7-23-6-5-22-4-3-18/h3-11,18-21H2,1-2H3. The summed E-state index contributed by atoms with van der Waals surface area (Å²) in [7, 11) is 0. The van der Waals surface area contributed by atoms with Crippen LogP contribution in [0, 0.1) is 13.8 Å². The van der Waals surface area contributed by atoms with Crippen LogP contribution >= 0.6 is 0 Å². The number of rotatable bonds is 12. The van der Waals surface area contributed by atoms with E-state index in [0.717, 1.165) is 33.6 Å². The van der Waals surface area contributed by atoms with E-state index in [1.165, 1.54) is 0 Å². The predicted octanol–water partition coefficient (Wildman–Crippen LogP) is 0.0502. The topological polar surface area (TPSA) is 132 Å². The van der Waals surface area contributed by atoms with Crippen molar-refractivity contribution in [1.82, 2.24) is 0 Å². The molecule has 0 bridgehead atoms. The lowest BCUT2D eigenvalue weighted by molar-refractivity contribution is 0.0385. The Morgan fingerprint density at radius 1 is 0.625 bits per heavy atom. The summed E-state index contributed by atoms with van der Waals surface area (Å²) >= 11 is 0. The van der Waals surface area contributed by atoms with Gasteiger partial charge in [0.2, 0.25) is 0 Å². The molecule has 1 rings (SSSR count). The predicted molar refractivity (Wildman–Crippen MR) is 95.8 cm³/mol. The molecule has 0 aliphatic carbocycles. The first-order valence-corrected chi connectivity index (χ1v) is 8.34. The Morgan fingerprint density at radius 3 is 1.54 bits per heavy atom. The normalized spacial score (nSPS) is 11.1. The first-order chi connectivity index (χ1) is 11.6. The summed E-state index contributed by atoms with van der Waals surface area (Å²) in [6.45, 7) is 8.29. The van der Waals surface area contributed by atoms with Gasteiger partial charge < -0.3 is 37.1 Å². The molecule has 0 aliphatic heterocycles. The summed E-state index contributed by atoms with van der Waals surface area (Å²) in [5.74, 6) is 0.773. The maximum Gasteiger partial charge on any atom is 0.128 e. The van der Waals surface area contributed by atoms with Crippen molar-refractivity contribution in [1.29, 1.82) is 0 Å². The van der Waals surface area contributed by atoms with Crippen LogP contribution in [0.25, 0.3) is 0 Å². The van der Waals surface area contributed by atoms with Crippen LogP contribution in [0.4, 0.5) is 0 Å². The average molecular weight is 340 g/mol. The Kier molecular flexibility index (Phi) is 9.85. The van der Waals surface area contributed by atoms with E-state index in [0.29, 0.717) is 59.2 Å². The second kappa shape index (κ2) is 11.4. The fourth-order valence-corrected chi connectivity index (χ4v) is 2.75. The summed E-state index contributed by atoms with van der Waals surface area (Å²) in [4.78, 5) is 0. The molecule has 0 amide bonds. The maximum atomic E-state index is 5.95. The molecule has 0 aromatic heterocycles. The molecule has 0 aliphatic rings. The highest BCUT2D eigenvalue weighted by atomic mass is 16.5. The number of nitrogens with two attached hydrogens (primary N) is 4. The molecule has 0 radical (unpaired) electrons. The Hall–Kier alpha value is -1.22. The molecule has 0 unspecified atom stereocenters. The minimum Gasteiger partial charge on any atom is -0.490 e. The van der Waals surface area contributed by atoms with E-state index in [1.54, 1.807) is 0 Å². The monoisotopic (exact) mass is 340 g/mol. The van der Waals surface area contributed by atoms with Gasteiger partial charge in [0.15, 0.2) is 0 Å². The van der Waals surface area contributed by atoms with Crippen molar-refractivity contribution in [3.63, 3.8) is 0 Å². The lowest BCUT2D eigenvalue weighted by Crippen LogP contribution is -2.18. The van der Waals surface area contributed by atoms with Gasteiger partial charge >= 0.3 is 0 Å². The molecule has 0 atom stereocenters. The first-order valence-electron chi connectivity index (χ1n) is 8.34. The van der Waals surface area contributed by atoms with E-state index in [1.807, 2.05) is 13.8 Å². The van der Waals surface area contributed by atoms with Gasteiger partial charge in [-0.3, -0.25) is 0 Å². The first kappa shape index (κ1) is 20.8. The lowest BCUT2D eigenvalue weighted by atomic mass is 9.91. The van der Waals surface area contributed by atoms with Crippen LogP contribution in [0.1, 0.15) is 27.8 Å². The zero-order valence-electron chi connectivity index (χ0n) is 14.9. The van der Waals surface area contributed by atoms with Gasteiger partial charge in [0, 0.05) is 37.3 Å². The van der Waals surface area contributed by atoms with E-state index in [-0.39, 0.29) is 0 Å². The quantitative estimate of drug-likeness (QED) is 0.395. The third kappa shape index (κ3) is 5.41. The molecule has 0 saturated carbocycles. The minimum absolute atomic E-state index is 0.384. The molecule has 0 saturated heterocycles. The second-order valence-electron chi connectivity index (χ2n) is 5.49. The van der Waals surface area contributed by atoms with Crippen LogP contribution in [0.15, 0.2) is 0 Å². The number of hydrogen-bond donors (Lipinski definition) is 4. The smallest absolute Gasteiger partial charge is 0.128 e. The second-order valence-corrected chi connectivity index (χ2v) is 5.49. The largest absolute Gasteiger partial charge is 0.490 e. The SMILES string of the molecule is Cc1c(CN)c(C)c(CN)c(OCCOCCOCCN)c1CN. The van der Waals surface area contributed by atoms with Gasteiger partial charge in [0.25, 0.3) is 0 Å². The molecular weight excluding hydrogens is 308 g/mol. The van der Waals surface area contributed by atoms with Crippen LogP contribution < -0.4 is 27.7 Å². The van der Waals surface area contributed by atoms with E-state index >= 15 is 0 Å². The van der Waals surface area contributed by atoms with Crippen molar-refractivity contribution < 1.29 is 14.2 Å². The van der Waals surface area contributed by atoms with E-state index in [2.05, 4.69) is 0 Å². The van der Waals surface area contributed by atoms with E-state index < -0.39 is 0 Å². The Bertz CT molecular complexity index is 478. The fraction of sp³-hybridized carbons (Fsp3) is 0.647. The van der Waals surface area contributed by atoms with Crippen molar-refractivity contribution in [3.05, 3.63) is 27.8 Å². The van der Waals surface area contributed by atoms with Crippen LogP contribution in [-0.2, 0) is 29.1 Å². The molecule has 138 valence electrons. The van der Waals surface area contributed by atoms with Gasteiger partial charge in [-0.25, -0.2) is 0 Å². The molecule has 24 heavy (non-hydrogen) atoms. The number of ether oxygens (including phenoxy) is 3. The molecule has 0 fully saturated rings. The molecule has 0 heterocycles. The summed E-state index contributed by atoms with van der Waals surface area (Å²) in [5.41, 5.74) is 28.3. The lowest BCUT2D eigenvalue weighted by Gasteiger charge is -2.22. The number of hydrogen-bond acceptors (Lipinski definition) is 7. The molecule has 8 N–H and O–H groups in total. The van der Waals surface area contributed by atoms with Gasteiger partial charge in [-0.2, -0.15) is 0 Å².